The first-order valence-electron chi connectivity index (χ1n) is 23.5. The minimum Gasteiger partial charge on any atom is -0.466 e. The molecule has 1 N–H and O–H groups in total. The molecule has 0 aliphatic heterocycles. The first kappa shape index (κ1) is 52.4. The molecular weight excluding hydrogens is 673 g/mol. The fourth-order valence-corrected chi connectivity index (χ4v) is 7.60. The first-order valence-corrected chi connectivity index (χ1v) is 23.5. The van der Waals surface area contributed by atoms with Gasteiger partial charge in [0, 0.05) is 18.9 Å². The lowest BCUT2D eigenvalue weighted by Crippen LogP contribution is -2.40. The monoisotopic (exact) mass is 765 g/mol. The van der Waals surface area contributed by atoms with Crippen molar-refractivity contribution in [2.45, 2.75) is 239 Å². The Balaban J connectivity index is 4.06. The van der Waals surface area contributed by atoms with E-state index in [0.717, 1.165) is 64.2 Å². The van der Waals surface area contributed by atoms with Crippen molar-refractivity contribution < 1.29 is 23.9 Å². The number of amides is 1. The molecule has 0 atom stereocenters. The van der Waals surface area contributed by atoms with Crippen molar-refractivity contribution >= 4 is 17.8 Å². The largest absolute Gasteiger partial charge is 0.466 e. The Morgan fingerprint density at radius 3 is 1.11 bits per heavy atom. The van der Waals surface area contributed by atoms with Gasteiger partial charge < -0.3 is 19.7 Å². The molecule has 0 aromatic heterocycles. The van der Waals surface area contributed by atoms with E-state index in [-0.39, 0.29) is 23.9 Å². The van der Waals surface area contributed by atoms with E-state index in [9.17, 15) is 14.4 Å². The van der Waals surface area contributed by atoms with E-state index in [2.05, 4.69) is 33.0 Å². The van der Waals surface area contributed by atoms with Gasteiger partial charge in [0.05, 0.1) is 19.8 Å². The molecule has 0 unspecified atom stereocenters. The lowest BCUT2D eigenvalue weighted by molar-refractivity contribution is -0.145. The van der Waals surface area contributed by atoms with Gasteiger partial charge in [-0.1, -0.05) is 182 Å². The van der Waals surface area contributed by atoms with Gasteiger partial charge in [-0.25, -0.2) is 0 Å². The van der Waals surface area contributed by atoms with Crippen LogP contribution in [0.4, 0.5) is 0 Å². The Hall–Kier alpha value is -1.63. The molecule has 0 bridgehead atoms. The standard InChI is InChI=1S/C47H92N2O5/c1-7-11-29-42(30-12-8-2)37-39-53-46(51)35-27-23-19-15-17-21-25-33-44(48-45(50)41-49(5)6)34-26-22-18-16-20-24-28-36-47(52)54-40-38-43(31-13-9-3)32-14-10-4/h42-44H,7-41H2,1-6H3,(H,48,50). The number of rotatable bonds is 41. The summed E-state index contributed by atoms with van der Waals surface area (Å²) in [4.78, 5) is 38.9. The number of nitrogens with one attached hydrogen (secondary N) is 1. The minimum absolute atomic E-state index is 0.0183. The number of likely N-dealkylation sites (N-methyl/N-ethyl adjacent to an activating group) is 1. The van der Waals surface area contributed by atoms with Crippen LogP contribution in [0, 0.1) is 11.8 Å². The van der Waals surface area contributed by atoms with Crippen molar-refractivity contribution in [1.29, 1.82) is 0 Å². The molecule has 0 aromatic carbocycles. The topological polar surface area (TPSA) is 84.9 Å². The van der Waals surface area contributed by atoms with Crippen molar-refractivity contribution in [2.24, 2.45) is 11.8 Å². The summed E-state index contributed by atoms with van der Waals surface area (Å²) in [7, 11) is 3.89. The second kappa shape index (κ2) is 39.6. The van der Waals surface area contributed by atoms with Gasteiger partial charge in [-0.05, 0) is 64.5 Å². The minimum atomic E-state index is -0.0183. The maximum atomic E-state index is 12.5. The van der Waals surface area contributed by atoms with Crippen molar-refractivity contribution in [3.8, 4) is 0 Å². The molecule has 0 aromatic rings. The van der Waals surface area contributed by atoms with E-state index in [1.165, 1.54) is 128 Å². The third kappa shape index (κ3) is 36.0. The maximum absolute atomic E-state index is 12.5. The summed E-state index contributed by atoms with van der Waals surface area (Å²) in [5.74, 6) is 1.50. The van der Waals surface area contributed by atoms with E-state index < -0.39 is 0 Å². The number of ether oxygens (including phenoxy) is 2. The normalized spacial score (nSPS) is 11.7. The molecule has 0 radical (unpaired) electrons. The Morgan fingerprint density at radius 2 is 0.778 bits per heavy atom. The van der Waals surface area contributed by atoms with E-state index in [0.29, 0.717) is 44.4 Å². The average Bonchev–Trinajstić information content (AvgIpc) is 3.14. The van der Waals surface area contributed by atoms with Gasteiger partial charge in [0.15, 0.2) is 0 Å². The van der Waals surface area contributed by atoms with Crippen LogP contribution in [0.25, 0.3) is 0 Å². The van der Waals surface area contributed by atoms with Gasteiger partial charge in [-0.3, -0.25) is 14.4 Å². The van der Waals surface area contributed by atoms with E-state index in [1.54, 1.807) is 0 Å². The maximum Gasteiger partial charge on any atom is 0.305 e. The van der Waals surface area contributed by atoms with Gasteiger partial charge in [0.2, 0.25) is 5.91 Å². The number of unbranched alkanes of at least 4 members (excludes halogenated alkanes) is 16. The third-order valence-electron chi connectivity index (χ3n) is 11.1. The van der Waals surface area contributed by atoms with Crippen molar-refractivity contribution in [3.63, 3.8) is 0 Å². The van der Waals surface area contributed by atoms with Gasteiger partial charge >= 0.3 is 11.9 Å². The Kier molecular flexibility index (Phi) is 38.4. The Bertz CT molecular complexity index is 778. The second-order valence-corrected chi connectivity index (χ2v) is 16.8. The molecule has 0 rings (SSSR count). The SMILES string of the molecule is CCCCC(CCCC)CCOC(=O)CCCCCCCCCC(CCCCCCCCCC(=O)OCCC(CCCC)CCCC)NC(=O)CN(C)C. The Morgan fingerprint density at radius 1 is 0.444 bits per heavy atom. The average molecular weight is 765 g/mol. The summed E-state index contributed by atoms with van der Waals surface area (Å²) in [5, 5.41) is 3.32. The third-order valence-corrected chi connectivity index (χ3v) is 11.1. The quantitative estimate of drug-likeness (QED) is 0.0493. The predicted octanol–water partition coefficient (Wildman–Crippen LogP) is 12.9. The van der Waals surface area contributed by atoms with Crippen LogP contribution in [0.15, 0.2) is 0 Å². The highest BCUT2D eigenvalue weighted by molar-refractivity contribution is 5.78. The highest BCUT2D eigenvalue weighted by atomic mass is 16.5. The molecule has 0 spiro atoms. The molecule has 0 heterocycles. The number of hydrogen-bond acceptors (Lipinski definition) is 6. The molecular formula is C47H92N2O5. The van der Waals surface area contributed by atoms with Gasteiger partial charge in [-0.2, -0.15) is 0 Å². The summed E-state index contributed by atoms with van der Waals surface area (Å²) >= 11 is 0. The molecule has 7 nitrogen and oxygen atoms in total. The van der Waals surface area contributed by atoms with Crippen LogP contribution in [0.1, 0.15) is 233 Å². The van der Waals surface area contributed by atoms with Crippen molar-refractivity contribution in [1.82, 2.24) is 10.2 Å². The van der Waals surface area contributed by atoms with Crippen LogP contribution in [0.3, 0.4) is 0 Å². The fraction of sp³-hybridized carbons (Fsp3) is 0.936. The second-order valence-electron chi connectivity index (χ2n) is 16.8. The van der Waals surface area contributed by atoms with Crippen LogP contribution in [-0.2, 0) is 23.9 Å². The first-order chi connectivity index (χ1) is 26.2. The molecule has 0 saturated carbocycles. The van der Waals surface area contributed by atoms with Crippen molar-refractivity contribution in [2.75, 3.05) is 33.9 Å². The van der Waals surface area contributed by atoms with Crippen LogP contribution in [-0.4, -0.2) is 62.6 Å². The number of nitrogens with zero attached hydrogens (tertiary/aromatic N) is 1. The van der Waals surface area contributed by atoms with Crippen LogP contribution < -0.4 is 5.32 Å². The molecule has 54 heavy (non-hydrogen) atoms. The van der Waals surface area contributed by atoms with E-state index in [4.69, 9.17) is 9.47 Å². The number of hydrogen-bond donors (Lipinski definition) is 1. The molecule has 0 aliphatic rings. The summed E-state index contributed by atoms with van der Waals surface area (Å²) < 4.78 is 11.2. The zero-order chi connectivity index (χ0) is 39.9. The van der Waals surface area contributed by atoms with E-state index in [1.807, 2.05) is 19.0 Å². The smallest absolute Gasteiger partial charge is 0.305 e. The van der Waals surface area contributed by atoms with Crippen LogP contribution >= 0.6 is 0 Å². The molecule has 7 heteroatoms. The van der Waals surface area contributed by atoms with Gasteiger partial charge in [0.25, 0.3) is 0 Å². The summed E-state index contributed by atoms with van der Waals surface area (Å²) in [6.45, 7) is 10.6. The number of esters is 2. The lowest BCUT2D eigenvalue weighted by atomic mass is 9.93. The van der Waals surface area contributed by atoms with Crippen LogP contribution in [0.5, 0.6) is 0 Å². The highest BCUT2D eigenvalue weighted by Crippen LogP contribution is 2.22. The fourth-order valence-electron chi connectivity index (χ4n) is 7.60. The summed E-state index contributed by atoms with van der Waals surface area (Å²) in [5.41, 5.74) is 0. The Labute approximate surface area is 336 Å². The summed E-state index contributed by atoms with van der Waals surface area (Å²) in [6, 6.07) is 0.261. The van der Waals surface area contributed by atoms with Crippen LogP contribution in [0.2, 0.25) is 0 Å². The van der Waals surface area contributed by atoms with E-state index >= 15 is 0 Å². The van der Waals surface area contributed by atoms with Gasteiger partial charge in [0.1, 0.15) is 0 Å². The lowest BCUT2D eigenvalue weighted by Gasteiger charge is -2.20. The predicted molar refractivity (Wildman–Crippen MR) is 230 cm³/mol. The molecule has 0 fully saturated rings. The molecule has 0 aliphatic carbocycles. The molecule has 320 valence electrons. The zero-order valence-electron chi connectivity index (χ0n) is 37.0. The highest BCUT2D eigenvalue weighted by Gasteiger charge is 2.14. The zero-order valence-corrected chi connectivity index (χ0v) is 37.0. The van der Waals surface area contributed by atoms with Gasteiger partial charge in [-0.15, -0.1) is 0 Å². The van der Waals surface area contributed by atoms with Crippen molar-refractivity contribution in [3.05, 3.63) is 0 Å². The number of carbonyl (C=O) groups excluding carboxylic acids is 3. The molecule has 1 amide bonds. The summed E-state index contributed by atoms with van der Waals surface area (Å²) in [6.07, 6.45) is 36.4. The molecule has 0 saturated heterocycles. The number of carbonyl (C=O) groups is 3.